The molecule has 0 radical (unpaired) electrons. The molecule has 200 valence electrons. The Morgan fingerprint density at radius 3 is 2.64 bits per heavy atom. The van der Waals surface area contributed by atoms with Gasteiger partial charge >= 0.3 is 0 Å². The van der Waals surface area contributed by atoms with E-state index in [9.17, 15) is 0 Å². The maximum Gasteiger partial charge on any atom is 0.229 e. The van der Waals surface area contributed by atoms with Crippen LogP contribution in [0.4, 0.5) is 10.2 Å². The summed E-state index contributed by atoms with van der Waals surface area (Å²) < 4.78 is 32.7. The first kappa shape index (κ1) is 23.5. The van der Waals surface area contributed by atoms with Gasteiger partial charge in [0.15, 0.2) is 17.2 Å². The molecule has 4 aromatic rings. The number of benzene rings is 1. The van der Waals surface area contributed by atoms with Gasteiger partial charge in [-0.2, -0.15) is 0 Å². The second-order valence-electron chi connectivity index (χ2n) is 11.3. The Balaban J connectivity index is 1.23. The maximum absolute atomic E-state index is 15.4. The summed E-state index contributed by atoms with van der Waals surface area (Å²) in [5, 5.41) is 0.838. The Labute approximate surface area is 225 Å². The van der Waals surface area contributed by atoms with Crippen molar-refractivity contribution < 1.29 is 18.3 Å². The van der Waals surface area contributed by atoms with E-state index in [0.717, 1.165) is 61.3 Å². The molecular weight excluding hydrogens is 497 g/mol. The minimum absolute atomic E-state index is 0.320. The Hall–Kier alpha value is -3.40. The number of anilines is 1. The summed E-state index contributed by atoms with van der Waals surface area (Å²) in [7, 11) is 0. The molecule has 1 aromatic carbocycles. The van der Waals surface area contributed by atoms with E-state index in [1.807, 2.05) is 18.3 Å². The first-order chi connectivity index (χ1) is 19.2. The molecule has 39 heavy (non-hydrogen) atoms. The van der Waals surface area contributed by atoms with E-state index >= 15 is 4.39 Å². The molecular formula is C30H30FN5O3. The number of morpholine rings is 1. The van der Waals surface area contributed by atoms with Gasteiger partial charge in [0.2, 0.25) is 5.71 Å². The van der Waals surface area contributed by atoms with Crippen molar-refractivity contribution in [1.82, 2.24) is 19.9 Å². The van der Waals surface area contributed by atoms with Gasteiger partial charge in [0.1, 0.15) is 11.3 Å². The van der Waals surface area contributed by atoms with Gasteiger partial charge in [-0.05, 0) is 61.2 Å². The zero-order valence-corrected chi connectivity index (χ0v) is 21.8. The van der Waals surface area contributed by atoms with E-state index in [1.165, 1.54) is 18.9 Å². The number of likely N-dealkylation sites (tertiary alicyclic amines) is 1. The summed E-state index contributed by atoms with van der Waals surface area (Å²) in [6.07, 6.45) is 9.07. The Kier molecular flexibility index (Phi) is 5.47. The predicted octanol–water partition coefficient (Wildman–Crippen LogP) is 4.60. The second kappa shape index (κ2) is 9.08. The quantitative estimate of drug-likeness (QED) is 0.381. The standard InChI is InChI=1S/C30H30FN5O3/c31-23-5-4-20-2-1-3-21(20)24(23)27-33-25-22-14-19(16-35-8-6-30(7-9-35)17-38-18-30)15-32-29(22)39-26(25)28(34-27)36-10-12-37-13-11-36/h1,3-5,14-15H,2,6-13,16-18H2. The van der Waals surface area contributed by atoms with E-state index < -0.39 is 0 Å². The third-order valence-electron chi connectivity index (χ3n) is 8.79. The lowest BCUT2D eigenvalue weighted by molar-refractivity contribution is -0.140. The number of rotatable bonds is 4. The lowest BCUT2D eigenvalue weighted by Crippen LogP contribution is -2.50. The minimum Gasteiger partial charge on any atom is -0.432 e. The van der Waals surface area contributed by atoms with Gasteiger partial charge < -0.3 is 18.8 Å². The van der Waals surface area contributed by atoms with Crippen LogP contribution in [0.2, 0.25) is 0 Å². The molecule has 9 heteroatoms. The molecule has 0 saturated carbocycles. The molecule has 4 aliphatic rings. The van der Waals surface area contributed by atoms with E-state index in [1.54, 1.807) is 0 Å². The number of pyridine rings is 1. The minimum atomic E-state index is -0.320. The predicted molar refractivity (Wildman–Crippen MR) is 146 cm³/mol. The van der Waals surface area contributed by atoms with Crippen molar-refractivity contribution in [3.8, 4) is 11.4 Å². The van der Waals surface area contributed by atoms with Crippen molar-refractivity contribution in [2.75, 3.05) is 57.5 Å². The molecule has 8 nitrogen and oxygen atoms in total. The molecule has 6 heterocycles. The van der Waals surface area contributed by atoms with E-state index in [-0.39, 0.29) is 5.82 Å². The number of allylic oxidation sites excluding steroid dienone is 1. The van der Waals surface area contributed by atoms with E-state index in [4.69, 9.17) is 28.8 Å². The van der Waals surface area contributed by atoms with Gasteiger partial charge in [-0.25, -0.2) is 19.3 Å². The van der Waals surface area contributed by atoms with Crippen LogP contribution in [-0.2, 0) is 22.4 Å². The average molecular weight is 528 g/mol. The Bertz CT molecular complexity index is 1610. The number of hydrogen-bond acceptors (Lipinski definition) is 8. The van der Waals surface area contributed by atoms with Crippen molar-refractivity contribution in [2.24, 2.45) is 5.41 Å². The maximum atomic E-state index is 15.4. The molecule has 1 aliphatic carbocycles. The lowest BCUT2D eigenvalue weighted by atomic mass is 9.77. The van der Waals surface area contributed by atoms with Crippen LogP contribution in [0.15, 0.2) is 34.9 Å². The van der Waals surface area contributed by atoms with Crippen molar-refractivity contribution >= 4 is 34.1 Å². The molecule has 0 amide bonds. The smallest absolute Gasteiger partial charge is 0.229 e. The van der Waals surface area contributed by atoms with Gasteiger partial charge in [0.25, 0.3) is 0 Å². The number of hydrogen-bond donors (Lipinski definition) is 0. The number of ether oxygens (including phenoxy) is 2. The van der Waals surface area contributed by atoms with Gasteiger partial charge in [-0.3, -0.25) is 4.90 Å². The highest BCUT2D eigenvalue weighted by atomic mass is 19.1. The molecule has 0 unspecified atom stereocenters. The van der Waals surface area contributed by atoms with Gasteiger partial charge in [-0.1, -0.05) is 18.2 Å². The summed E-state index contributed by atoms with van der Waals surface area (Å²) in [6.45, 7) is 7.32. The second-order valence-corrected chi connectivity index (χ2v) is 11.3. The summed E-state index contributed by atoms with van der Waals surface area (Å²) >= 11 is 0. The molecule has 8 rings (SSSR count). The molecule has 0 N–H and O–H groups in total. The fourth-order valence-corrected chi connectivity index (χ4v) is 6.40. The van der Waals surface area contributed by atoms with Crippen molar-refractivity contribution in [1.29, 1.82) is 0 Å². The zero-order valence-electron chi connectivity index (χ0n) is 21.8. The first-order valence-electron chi connectivity index (χ1n) is 13.9. The molecule has 3 aromatic heterocycles. The largest absolute Gasteiger partial charge is 0.432 e. The number of nitrogens with zero attached hydrogens (tertiary/aromatic N) is 5. The highest BCUT2D eigenvalue weighted by molar-refractivity contribution is 6.05. The van der Waals surface area contributed by atoms with Crippen LogP contribution in [0, 0.1) is 11.2 Å². The SMILES string of the molecule is Fc1ccc2c(c1-c1nc(N3CCOCC3)c3oc4ncc(CN5CCC6(CC5)COC6)cc4c3n1)C=CC2. The van der Waals surface area contributed by atoms with Gasteiger partial charge in [-0.15, -0.1) is 0 Å². The van der Waals surface area contributed by atoms with Crippen LogP contribution < -0.4 is 4.90 Å². The average Bonchev–Trinajstić information content (AvgIpc) is 3.57. The first-order valence-corrected chi connectivity index (χ1v) is 13.9. The third-order valence-corrected chi connectivity index (χ3v) is 8.79. The number of fused-ring (bicyclic) bond motifs is 4. The zero-order chi connectivity index (χ0) is 26.0. The number of aromatic nitrogens is 3. The van der Waals surface area contributed by atoms with Crippen molar-refractivity contribution in [3.63, 3.8) is 0 Å². The van der Waals surface area contributed by atoms with Crippen LogP contribution in [0.1, 0.15) is 29.5 Å². The van der Waals surface area contributed by atoms with Gasteiger partial charge in [0.05, 0.1) is 37.4 Å². The van der Waals surface area contributed by atoms with Crippen LogP contribution in [0.25, 0.3) is 39.7 Å². The summed E-state index contributed by atoms with van der Waals surface area (Å²) in [6, 6.07) is 5.50. The molecule has 3 fully saturated rings. The lowest BCUT2D eigenvalue weighted by Gasteiger charge is -2.47. The monoisotopic (exact) mass is 527 g/mol. The Morgan fingerprint density at radius 1 is 1.00 bits per heavy atom. The van der Waals surface area contributed by atoms with Crippen LogP contribution in [0.3, 0.4) is 0 Å². The topological polar surface area (TPSA) is 76.8 Å². The van der Waals surface area contributed by atoms with Gasteiger partial charge in [0, 0.05) is 31.2 Å². The van der Waals surface area contributed by atoms with Crippen LogP contribution in [0.5, 0.6) is 0 Å². The molecule has 0 atom stereocenters. The summed E-state index contributed by atoms with van der Waals surface area (Å²) in [4.78, 5) is 19.2. The molecule has 0 bridgehead atoms. The number of piperidine rings is 1. The third kappa shape index (κ3) is 3.94. The normalized spacial score (nSPS) is 20.7. The molecule has 3 aliphatic heterocycles. The fraction of sp³-hybridized carbons (Fsp3) is 0.433. The fourth-order valence-electron chi connectivity index (χ4n) is 6.40. The summed E-state index contributed by atoms with van der Waals surface area (Å²) in [5.74, 6) is 0.724. The Morgan fingerprint density at radius 2 is 1.85 bits per heavy atom. The van der Waals surface area contributed by atoms with E-state index in [2.05, 4.69) is 21.9 Å². The molecule has 1 spiro atoms. The van der Waals surface area contributed by atoms with Crippen LogP contribution in [-0.4, -0.2) is 72.5 Å². The van der Waals surface area contributed by atoms with E-state index in [0.29, 0.717) is 65.7 Å². The van der Waals surface area contributed by atoms with Crippen molar-refractivity contribution in [3.05, 3.63) is 53.0 Å². The highest BCUT2D eigenvalue weighted by Crippen LogP contribution is 2.40. The van der Waals surface area contributed by atoms with Crippen molar-refractivity contribution in [2.45, 2.75) is 25.8 Å². The molecule has 3 saturated heterocycles. The number of furan rings is 1. The highest BCUT2D eigenvalue weighted by Gasteiger charge is 2.41. The number of halogens is 1. The summed E-state index contributed by atoms with van der Waals surface area (Å²) in [5.41, 5.74) is 5.70. The van der Waals surface area contributed by atoms with Crippen LogP contribution >= 0.6 is 0 Å².